The standard InChI is InChI=1S/C22H14N2/c1-3-15-5-7-18(14-21(15)23-11-1)17-9-10-20-19(13-17)8-6-16-4-2-12-24-22(16)20/h1-14H. The van der Waals surface area contributed by atoms with Gasteiger partial charge in [0.05, 0.1) is 11.0 Å². The van der Waals surface area contributed by atoms with Crippen LogP contribution >= 0.6 is 0 Å². The zero-order chi connectivity index (χ0) is 15.9. The van der Waals surface area contributed by atoms with E-state index in [0.29, 0.717) is 0 Å². The lowest BCUT2D eigenvalue weighted by atomic mass is 9.98. The quantitative estimate of drug-likeness (QED) is 0.376. The van der Waals surface area contributed by atoms with Gasteiger partial charge in [0.1, 0.15) is 0 Å². The molecule has 5 rings (SSSR count). The summed E-state index contributed by atoms with van der Waals surface area (Å²) >= 11 is 0. The lowest BCUT2D eigenvalue weighted by Gasteiger charge is -2.07. The molecule has 0 aliphatic heterocycles. The van der Waals surface area contributed by atoms with Crippen molar-refractivity contribution in [3.63, 3.8) is 0 Å². The molecule has 0 atom stereocenters. The van der Waals surface area contributed by atoms with E-state index in [1.54, 1.807) is 0 Å². The highest BCUT2D eigenvalue weighted by molar-refractivity contribution is 6.06. The van der Waals surface area contributed by atoms with Crippen molar-refractivity contribution in [3.05, 3.63) is 85.2 Å². The zero-order valence-corrected chi connectivity index (χ0v) is 13.0. The fourth-order valence-electron chi connectivity index (χ4n) is 3.30. The van der Waals surface area contributed by atoms with Crippen molar-refractivity contribution in [2.75, 3.05) is 0 Å². The number of hydrogen-bond donors (Lipinski definition) is 0. The molecule has 0 aliphatic carbocycles. The van der Waals surface area contributed by atoms with Gasteiger partial charge in [0, 0.05) is 28.6 Å². The SMILES string of the molecule is c1cnc2cc(-c3ccc4c(ccc5cccnc54)c3)ccc2c1. The maximum absolute atomic E-state index is 4.54. The first-order chi connectivity index (χ1) is 11.9. The van der Waals surface area contributed by atoms with Crippen molar-refractivity contribution in [1.29, 1.82) is 0 Å². The van der Waals surface area contributed by atoms with Gasteiger partial charge in [0.2, 0.25) is 0 Å². The fraction of sp³-hybridized carbons (Fsp3) is 0. The van der Waals surface area contributed by atoms with Crippen LogP contribution in [0.1, 0.15) is 0 Å². The average Bonchev–Trinajstić information content (AvgIpc) is 2.67. The molecule has 3 aromatic carbocycles. The molecule has 112 valence electrons. The predicted octanol–water partition coefficient (Wildman–Crippen LogP) is 5.60. The topological polar surface area (TPSA) is 25.8 Å². The van der Waals surface area contributed by atoms with Crippen molar-refractivity contribution < 1.29 is 0 Å². The maximum atomic E-state index is 4.54. The van der Waals surface area contributed by atoms with Gasteiger partial charge in [-0.1, -0.05) is 48.5 Å². The molecule has 0 bridgehead atoms. The van der Waals surface area contributed by atoms with Gasteiger partial charge in [-0.25, -0.2) is 0 Å². The van der Waals surface area contributed by atoms with E-state index in [9.17, 15) is 0 Å². The zero-order valence-electron chi connectivity index (χ0n) is 13.0. The van der Waals surface area contributed by atoms with Crippen LogP contribution in [-0.4, -0.2) is 9.97 Å². The summed E-state index contributed by atoms with van der Waals surface area (Å²) in [6.45, 7) is 0. The van der Waals surface area contributed by atoms with Crippen molar-refractivity contribution >= 4 is 32.6 Å². The Morgan fingerprint density at radius 2 is 1.25 bits per heavy atom. The second kappa shape index (κ2) is 5.14. The predicted molar refractivity (Wildman–Crippen MR) is 100.0 cm³/mol. The molecule has 2 nitrogen and oxygen atoms in total. The summed E-state index contributed by atoms with van der Waals surface area (Å²) in [5.74, 6) is 0. The van der Waals surface area contributed by atoms with Crippen LogP contribution in [0.4, 0.5) is 0 Å². The molecule has 0 N–H and O–H groups in total. The summed E-state index contributed by atoms with van der Waals surface area (Å²) in [4.78, 5) is 9.00. The molecule has 0 aliphatic rings. The molecular formula is C22H14N2. The third kappa shape index (κ3) is 2.04. The average molecular weight is 306 g/mol. The number of fused-ring (bicyclic) bond motifs is 4. The minimum atomic E-state index is 1.02. The lowest BCUT2D eigenvalue weighted by molar-refractivity contribution is 1.41. The van der Waals surface area contributed by atoms with E-state index in [2.05, 4.69) is 70.6 Å². The highest BCUT2D eigenvalue weighted by Crippen LogP contribution is 2.29. The Bertz CT molecular complexity index is 1210. The third-order valence-corrected chi connectivity index (χ3v) is 4.53. The molecule has 0 amide bonds. The van der Waals surface area contributed by atoms with Gasteiger partial charge in [0.25, 0.3) is 0 Å². The largest absolute Gasteiger partial charge is 0.256 e. The van der Waals surface area contributed by atoms with Gasteiger partial charge in [-0.05, 0) is 40.8 Å². The molecule has 0 radical (unpaired) electrons. The molecular weight excluding hydrogens is 292 g/mol. The van der Waals surface area contributed by atoms with E-state index in [-0.39, 0.29) is 0 Å². The highest BCUT2D eigenvalue weighted by Gasteiger charge is 2.05. The van der Waals surface area contributed by atoms with Gasteiger partial charge in [-0.15, -0.1) is 0 Å². The molecule has 2 heterocycles. The normalized spacial score (nSPS) is 11.3. The number of hydrogen-bond acceptors (Lipinski definition) is 2. The molecule has 5 aromatic rings. The van der Waals surface area contributed by atoms with Crippen LogP contribution in [0, 0.1) is 0 Å². The summed E-state index contributed by atoms with van der Waals surface area (Å²) in [6.07, 6.45) is 3.69. The molecule has 24 heavy (non-hydrogen) atoms. The van der Waals surface area contributed by atoms with Crippen LogP contribution < -0.4 is 0 Å². The van der Waals surface area contributed by atoms with E-state index in [1.807, 2.05) is 24.5 Å². The number of pyridine rings is 2. The number of aromatic nitrogens is 2. The first-order valence-electron chi connectivity index (χ1n) is 8.01. The van der Waals surface area contributed by atoms with E-state index in [0.717, 1.165) is 16.4 Å². The lowest BCUT2D eigenvalue weighted by Crippen LogP contribution is -1.84. The highest BCUT2D eigenvalue weighted by atomic mass is 14.6. The molecule has 0 spiro atoms. The van der Waals surface area contributed by atoms with Crippen molar-refractivity contribution in [1.82, 2.24) is 9.97 Å². The molecule has 2 aromatic heterocycles. The van der Waals surface area contributed by atoms with Crippen LogP contribution in [0.25, 0.3) is 43.7 Å². The smallest absolute Gasteiger partial charge is 0.0780 e. The summed E-state index contributed by atoms with van der Waals surface area (Å²) in [7, 11) is 0. The van der Waals surface area contributed by atoms with Crippen molar-refractivity contribution in [3.8, 4) is 11.1 Å². The summed E-state index contributed by atoms with van der Waals surface area (Å²) in [5, 5.41) is 4.74. The van der Waals surface area contributed by atoms with E-state index in [1.165, 1.54) is 27.3 Å². The number of rotatable bonds is 1. The fourth-order valence-corrected chi connectivity index (χ4v) is 3.30. The molecule has 2 heteroatoms. The van der Waals surface area contributed by atoms with Crippen molar-refractivity contribution in [2.24, 2.45) is 0 Å². The monoisotopic (exact) mass is 306 g/mol. The Labute approximate surface area is 139 Å². The molecule has 0 fully saturated rings. The van der Waals surface area contributed by atoms with Crippen LogP contribution in [0.3, 0.4) is 0 Å². The van der Waals surface area contributed by atoms with Gasteiger partial charge in [0.15, 0.2) is 0 Å². The maximum Gasteiger partial charge on any atom is 0.0780 e. The third-order valence-electron chi connectivity index (χ3n) is 4.53. The van der Waals surface area contributed by atoms with Crippen LogP contribution in [0.2, 0.25) is 0 Å². The molecule has 0 saturated carbocycles. The van der Waals surface area contributed by atoms with Crippen molar-refractivity contribution in [2.45, 2.75) is 0 Å². The van der Waals surface area contributed by atoms with Crippen LogP contribution in [0.5, 0.6) is 0 Å². The molecule has 0 saturated heterocycles. The molecule has 0 unspecified atom stereocenters. The first-order valence-corrected chi connectivity index (χ1v) is 8.01. The Morgan fingerprint density at radius 1 is 0.542 bits per heavy atom. The van der Waals surface area contributed by atoms with Gasteiger partial charge in [-0.2, -0.15) is 0 Å². The summed E-state index contributed by atoms with van der Waals surface area (Å²) in [5.41, 5.74) is 4.46. The van der Waals surface area contributed by atoms with E-state index >= 15 is 0 Å². The van der Waals surface area contributed by atoms with Gasteiger partial charge in [-0.3, -0.25) is 9.97 Å². The Kier molecular flexibility index (Phi) is 2.83. The summed E-state index contributed by atoms with van der Waals surface area (Å²) in [6, 6.07) is 25.4. The van der Waals surface area contributed by atoms with Gasteiger partial charge < -0.3 is 0 Å². The van der Waals surface area contributed by atoms with Crippen LogP contribution in [-0.2, 0) is 0 Å². The minimum absolute atomic E-state index is 1.02. The Balaban J connectivity index is 1.72. The number of nitrogens with zero attached hydrogens (tertiary/aromatic N) is 2. The van der Waals surface area contributed by atoms with Gasteiger partial charge >= 0.3 is 0 Å². The number of benzene rings is 3. The second-order valence-corrected chi connectivity index (χ2v) is 5.99. The van der Waals surface area contributed by atoms with E-state index < -0.39 is 0 Å². The first kappa shape index (κ1) is 13.2. The minimum Gasteiger partial charge on any atom is -0.256 e. The van der Waals surface area contributed by atoms with Crippen LogP contribution in [0.15, 0.2) is 85.2 Å². The second-order valence-electron chi connectivity index (χ2n) is 5.99. The Morgan fingerprint density at radius 3 is 2.21 bits per heavy atom. The van der Waals surface area contributed by atoms with E-state index in [4.69, 9.17) is 0 Å². The summed E-state index contributed by atoms with van der Waals surface area (Å²) < 4.78 is 0. The Hall–Kier alpha value is -3.26.